The summed E-state index contributed by atoms with van der Waals surface area (Å²) in [5, 5.41) is 23.7. The standard InChI is InChI=1S/C21H14ClN3O4/c1-12-8-13(20(26)18(9-12)25(27)28)11-23-14-6-7-16(22)15(10-14)21-24-17-4-2-3-5-19(17)29-21/h2-11,26H,1H3/p-1. The molecule has 0 bridgehead atoms. The molecule has 0 saturated carbocycles. The SMILES string of the molecule is Cc1cc(C=Nc2ccc(Cl)c(-c3nc4ccccc4o3)c2)c([O-])c([N+](=O)[O-])c1. The monoisotopic (exact) mass is 406 g/mol. The van der Waals surface area contributed by atoms with Gasteiger partial charge in [-0.1, -0.05) is 29.8 Å². The molecule has 0 N–H and O–H groups in total. The van der Waals surface area contributed by atoms with Gasteiger partial charge in [0.1, 0.15) is 5.52 Å². The minimum atomic E-state index is -0.694. The van der Waals surface area contributed by atoms with Crippen molar-refractivity contribution in [2.24, 2.45) is 4.99 Å². The molecule has 0 unspecified atom stereocenters. The molecule has 29 heavy (non-hydrogen) atoms. The molecule has 0 amide bonds. The number of benzene rings is 3. The molecule has 0 aliphatic carbocycles. The van der Waals surface area contributed by atoms with Crippen LogP contribution in [0.25, 0.3) is 22.6 Å². The molecule has 4 aromatic rings. The normalized spacial score (nSPS) is 11.4. The van der Waals surface area contributed by atoms with Gasteiger partial charge in [0.25, 0.3) is 5.69 Å². The summed E-state index contributed by atoms with van der Waals surface area (Å²) in [5.74, 6) is -0.332. The van der Waals surface area contributed by atoms with Gasteiger partial charge in [0.2, 0.25) is 5.89 Å². The lowest BCUT2D eigenvalue weighted by Crippen LogP contribution is -2.02. The van der Waals surface area contributed by atoms with Gasteiger partial charge in [0, 0.05) is 12.3 Å². The lowest BCUT2D eigenvalue weighted by Gasteiger charge is -2.11. The van der Waals surface area contributed by atoms with E-state index in [0.717, 1.165) is 0 Å². The number of fused-ring (bicyclic) bond motifs is 1. The molecule has 0 atom stereocenters. The first-order chi connectivity index (χ1) is 13.9. The van der Waals surface area contributed by atoms with E-state index in [2.05, 4.69) is 9.98 Å². The Morgan fingerprint density at radius 3 is 2.72 bits per heavy atom. The molecular formula is C21H13ClN3O4-. The number of aliphatic imine (C=N–C) groups is 1. The molecule has 1 heterocycles. The highest BCUT2D eigenvalue weighted by Gasteiger charge is 2.13. The van der Waals surface area contributed by atoms with Crippen LogP contribution in [-0.2, 0) is 0 Å². The van der Waals surface area contributed by atoms with Gasteiger partial charge in [-0.05, 0) is 54.1 Å². The Morgan fingerprint density at radius 1 is 1.17 bits per heavy atom. The summed E-state index contributed by atoms with van der Waals surface area (Å²) in [6, 6.07) is 15.1. The topological polar surface area (TPSA) is 105 Å². The molecule has 1 aromatic heterocycles. The summed E-state index contributed by atoms with van der Waals surface area (Å²) in [7, 11) is 0. The Morgan fingerprint density at radius 2 is 1.97 bits per heavy atom. The van der Waals surface area contributed by atoms with E-state index in [1.165, 1.54) is 12.3 Å². The number of hydrogen-bond donors (Lipinski definition) is 0. The second-order valence-corrected chi connectivity index (χ2v) is 6.78. The van der Waals surface area contributed by atoms with Gasteiger partial charge in [-0.2, -0.15) is 0 Å². The van der Waals surface area contributed by atoms with E-state index in [1.54, 1.807) is 31.2 Å². The molecule has 0 aliphatic heterocycles. The molecule has 0 radical (unpaired) electrons. The summed E-state index contributed by atoms with van der Waals surface area (Å²) in [6.07, 6.45) is 1.31. The number of halogens is 1. The van der Waals surface area contributed by atoms with Crippen LogP contribution >= 0.6 is 11.6 Å². The van der Waals surface area contributed by atoms with Gasteiger partial charge >= 0.3 is 0 Å². The summed E-state index contributed by atoms with van der Waals surface area (Å²) >= 11 is 6.30. The van der Waals surface area contributed by atoms with E-state index in [0.29, 0.717) is 38.8 Å². The molecule has 7 nitrogen and oxygen atoms in total. The molecule has 0 spiro atoms. The van der Waals surface area contributed by atoms with Gasteiger partial charge < -0.3 is 9.52 Å². The maximum absolute atomic E-state index is 12.2. The molecule has 0 aliphatic rings. The fraction of sp³-hybridized carbons (Fsp3) is 0.0476. The van der Waals surface area contributed by atoms with Crippen molar-refractivity contribution >= 4 is 40.3 Å². The van der Waals surface area contributed by atoms with Crippen LogP contribution in [0.5, 0.6) is 5.75 Å². The molecule has 144 valence electrons. The van der Waals surface area contributed by atoms with Crippen LogP contribution in [0.15, 0.2) is 64.0 Å². The maximum atomic E-state index is 12.2. The minimum Gasteiger partial charge on any atom is -0.867 e. The molecule has 8 heteroatoms. The van der Waals surface area contributed by atoms with Crippen molar-refractivity contribution in [1.82, 2.24) is 4.98 Å². The number of oxazole rings is 1. The zero-order chi connectivity index (χ0) is 20.5. The highest BCUT2D eigenvalue weighted by atomic mass is 35.5. The molecular weight excluding hydrogens is 394 g/mol. The number of hydrogen-bond acceptors (Lipinski definition) is 6. The number of rotatable bonds is 4. The van der Waals surface area contributed by atoms with E-state index in [9.17, 15) is 15.2 Å². The minimum absolute atomic E-state index is 0.134. The number of nitrogens with zero attached hydrogens (tertiary/aromatic N) is 3. The van der Waals surface area contributed by atoms with E-state index in [4.69, 9.17) is 16.0 Å². The van der Waals surface area contributed by atoms with Crippen LogP contribution in [0.3, 0.4) is 0 Å². The largest absolute Gasteiger partial charge is 0.867 e. The van der Waals surface area contributed by atoms with Crippen molar-refractivity contribution < 1.29 is 14.4 Å². The lowest BCUT2D eigenvalue weighted by atomic mass is 10.1. The van der Waals surface area contributed by atoms with Gasteiger partial charge in [-0.3, -0.25) is 15.1 Å². The number of aromatic nitrogens is 1. The van der Waals surface area contributed by atoms with Crippen molar-refractivity contribution in [2.75, 3.05) is 0 Å². The number of aryl methyl sites for hydroxylation is 1. The Hall–Kier alpha value is -3.71. The third-order valence-corrected chi connectivity index (χ3v) is 4.60. The first kappa shape index (κ1) is 18.6. The van der Waals surface area contributed by atoms with Crippen LogP contribution in [0.2, 0.25) is 5.02 Å². The quantitative estimate of drug-likeness (QED) is 0.263. The highest BCUT2D eigenvalue weighted by Crippen LogP contribution is 2.33. The van der Waals surface area contributed by atoms with Crippen molar-refractivity contribution in [3.05, 3.63) is 80.9 Å². The molecule has 0 saturated heterocycles. The lowest BCUT2D eigenvalue weighted by molar-refractivity contribution is -0.398. The third kappa shape index (κ3) is 3.68. The first-order valence-electron chi connectivity index (χ1n) is 8.58. The Labute approximate surface area is 170 Å². The summed E-state index contributed by atoms with van der Waals surface area (Å²) in [6.45, 7) is 1.68. The predicted molar refractivity (Wildman–Crippen MR) is 109 cm³/mol. The third-order valence-electron chi connectivity index (χ3n) is 4.27. The van der Waals surface area contributed by atoms with E-state index in [-0.39, 0.29) is 5.56 Å². The zero-order valence-electron chi connectivity index (χ0n) is 15.1. The second-order valence-electron chi connectivity index (χ2n) is 6.37. The van der Waals surface area contributed by atoms with Gasteiger partial charge in [0.15, 0.2) is 5.58 Å². The van der Waals surface area contributed by atoms with E-state index >= 15 is 0 Å². The zero-order valence-corrected chi connectivity index (χ0v) is 15.9. The van der Waals surface area contributed by atoms with Crippen LogP contribution < -0.4 is 5.11 Å². The van der Waals surface area contributed by atoms with Crippen LogP contribution in [0.4, 0.5) is 11.4 Å². The van der Waals surface area contributed by atoms with Crippen molar-refractivity contribution in [1.29, 1.82) is 0 Å². The maximum Gasteiger partial charge on any atom is 0.262 e. The smallest absolute Gasteiger partial charge is 0.262 e. The number of nitro benzene ring substituents is 1. The fourth-order valence-electron chi connectivity index (χ4n) is 2.90. The van der Waals surface area contributed by atoms with Gasteiger partial charge in [-0.15, -0.1) is 0 Å². The van der Waals surface area contributed by atoms with Crippen LogP contribution in [0, 0.1) is 17.0 Å². The fourth-order valence-corrected chi connectivity index (χ4v) is 3.10. The summed E-state index contributed by atoms with van der Waals surface area (Å²) in [4.78, 5) is 19.1. The van der Waals surface area contributed by atoms with Crippen LogP contribution in [-0.4, -0.2) is 16.1 Å². The molecule has 0 fully saturated rings. The van der Waals surface area contributed by atoms with E-state index < -0.39 is 16.4 Å². The Kier molecular flexibility index (Phi) is 4.74. The number of para-hydroxylation sites is 2. The summed E-state index contributed by atoms with van der Waals surface area (Å²) in [5.41, 5.74) is 2.64. The number of nitro groups is 1. The Balaban J connectivity index is 1.72. The first-order valence-corrected chi connectivity index (χ1v) is 8.96. The van der Waals surface area contributed by atoms with Gasteiger partial charge in [-0.25, -0.2) is 4.98 Å². The van der Waals surface area contributed by atoms with Crippen molar-refractivity contribution in [3.8, 4) is 17.2 Å². The average molecular weight is 407 g/mol. The summed E-state index contributed by atoms with van der Waals surface area (Å²) < 4.78 is 5.76. The van der Waals surface area contributed by atoms with E-state index in [1.807, 2.05) is 24.3 Å². The Bertz CT molecular complexity index is 1250. The molecule has 3 aromatic carbocycles. The van der Waals surface area contributed by atoms with Crippen molar-refractivity contribution in [2.45, 2.75) is 6.92 Å². The van der Waals surface area contributed by atoms with Gasteiger partial charge in [0.05, 0.1) is 21.2 Å². The second kappa shape index (κ2) is 7.37. The highest BCUT2D eigenvalue weighted by molar-refractivity contribution is 6.33. The van der Waals surface area contributed by atoms with Crippen LogP contribution in [0.1, 0.15) is 11.1 Å². The predicted octanol–water partition coefficient (Wildman–Crippen LogP) is 5.19. The van der Waals surface area contributed by atoms with Crippen molar-refractivity contribution in [3.63, 3.8) is 0 Å². The average Bonchev–Trinajstić information content (AvgIpc) is 3.13. The molecule has 4 rings (SSSR count).